The highest BCUT2D eigenvalue weighted by atomic mass is 79.9. The van der Waals surface area contributed by atoms with Crippen LogP contribution in [-0.2, 0) is 9.84 Å². The third-order valence-electron chi connectivity index (χ3n) is 4.43. The first kappa shape index (κ1) is 24.7. The van der Waals surface area contributed by atoms with Gasteiger partial charge in [-0.15, -0.1) is 12.4 Å². The lowest BCUT2D eigenvalue weighted by molar-refractivity contribution is 0.0985. The molecule has 1 amide bonds. The predicted molar refractivity (Wildman–Crippen MR) is 129 cm³/mol. The molecular formula is C20H23BrClN3O3S2. The van der Waals surface area contributed by atoms with Gasteiger partial charge in [-0.3, -0.25) is 9.69 Å². The third kappa shape index (κ3) is 5.59. The average molecular weight is 533 g/mol. The number of rotatable bonds is 7. The number of likely N-dealkylation sites (N-methyl/N-ethyl adjacent to an activating group) is 1. The van der Waals surface area contributed by atoms with Crippen molar-refractivity contribution in [3.05, 3.63) is 52.5 Å². The number of amides is 1. The SMILES string of the molecule is CCS(=O)(=O)c1ccc(C(=O)N(CCN(C)C)c2nc3ccc(Br)cc3s2)cc1.Cl. The van der Waals surface area contributed by atoms with E-state index in [4.69, 9.17) is 0 Å². The lowest BCUT2D eigenvalue weighted by Crippen LogP contribution is -2.36. The van der Waals surface area contributed by atoms with E-state index in [0.29, 0.717) is 23.8 Å². The maximum absolute atomic E-state index is 13.2. The quantitative estimate of drug-likeness (QED) is 0.449. The second kappa shape index (κ2) is 10.2. The largest absolute Gasteiger partial charge is 0.308 e. The molecule has 10 heteroatoms. The summed E-state index contributed by atoms with van der Waals surface area (Å²) in [6.07, 6.45) is 0. The summed E-state index contributed by atoms with van der Waals surface area (Å²) in [5, 5.41) is 0.621. The number of sulfone groups is 1. The van der Waals surface area contributed by atoms with Crippen LogP contribution in [0.5, 0.6) is 0 Å². The van der Waals surface area contributed by atoms with Crippen molar-refractivity contribution in [1.29, 1.82) is 0 Å². The molecule has 1 heterocycles. The second-order valence-corrected chi connectivity index (χ2v) is 11.0. The first-order valence-electron chi connectivity index (χ1n) is 9.07. The van der Waals surface area contributed by atoms with Gasteiger partial charge in [0, 0.05) is 23.1 Å². The zero-order valence-electron chi connectivity index (χ0n) is 16.8. The fourth-order valence-corrected chi connectivity index (χ4v) is 5.14. The molecule has 3 rings (SSSR count). The van der Waals surface area contributed by atoms with Crippen LogP contribution < -0.4 is 4.90 Å². The molecule has 0 aliphatic carbocycles. The van der Waals surface area contributed by atoms with Crippen molar-refractivity contribution in [3.8, 4) is 0 Å². The van der Waals surface area contributed by atoms with Gasteiger partial charge in [-0.05, 0) is 56.6 Å². The maximum atomic E-state index is 13.2. The molecule has 0 aliphatic rings. The van der Waals surface area contributed by atoms with Gasteiger partial charge >= 0.3 is 0 Å². The van der Waals surface area contributed by atoms with Gasteiger partial charge in [-0.1, -0.05) is 34.2 Å². The Morgan fingerprint density at radius 1 is 1.10 bits per heavy atom. The molecule has 1 aromatic heterocycles. The molecule has 0 atom stereocenters. The molecule has 0 radical (unpaired) electrons. The number of anilines is 1. The Balaban J connectivity index is 0.00000320. The molecule has 30 heavy (non-hydrogen) atoms. The lowest BCUT2D eigenvalue weighted by Gasteiger charge is -2.22. The van der Waals surface area contributed by atoms with E-state index < -0.39 is 9.84 Å². The van der Waals surface area contributed by atoms with Crippen LogP contribution in [0, 0.1) is 0 Å². The molecule has 0 aliphatic heterocycles. The van der Waals surface area contributed by atoms with Crippen LogP contribution in [0.25, 0.3) is 10.2 Å². The number of benzene rings is 2. The number of thiazole rings is 1. The van der Waals surface area contributed by atoms with Gasteiger partial charge in [-0.2, -0.15) is 0 Å². The highest BCUT2D eigenvalue weighted by Gasteiger charge is 2.22. The number of fused-ring (bicyclic) bond motifs is 1. The summed E-state index contributed by atoms with van der Waals surface area (Å²) >= 11 is 4.92. The van der Waals surface area contributed by atoms with Crippen LogP contribution in [0.15, 0.2) is 51.8 Å². The molecule has 162 valence electrons. The summed E-state index contributed by atoms with van der Waals surface area (Å²) in [5.41, 5.74) is 1.26. The fraction of sp³-hybridized carbons (Fsp3) is 0.300. The number of carbonyl (C=O) groups is 1. The number of hydrogen-bond donors (Lipinski definition) is 0. The Morgan fingerprint density at radius 2 is 1.77 bits per heavy atom. The molecule has 0 bridgehead atoms. The van der Waals surface area contributed by atoms with Gasteiger partial charge in [0.05, 0.1) is 20.9 Å². The van der Waals surface area contributed by atoms with E-state index in [-0.39, 0.29) is 29.0 Å². The van der Waals surface area contributed by atoms with Crippen molar-refractivity contribution < 1.29 is 13.2 Å². The molecule has 0 unspecified atom stereocenters. The van der Waals surface area contributed by atoms with E-state index in [2.05, 4.69) is 20.9 Å². The van der Waals surface area contributed by atoms with E-state index >= 15 is 0 Å². The van der Waals surface area contributed by atoms with Crippen LogP contribution >= 0.6 is 39.7 Å². The van der Waals surface area contributed by atoms with Gasteiger partial charge in [0.1, 0.15) is 0 Å². The van der Waals surface area contributed by atoms with E-state index in [1.54, 1.807) is 24.0 Å². The Bertz CT molecular complexity index is 1130. The van der Waals surface area contributed by atoms with Gasteiger partial charge in [0.15, 0.2) is 15.0 Å². The molecule has 0 fully saturated rings. The van der Waals surface area contributed by atoms with E-state index in [1.807, 2.05) is 37.2 Å². The van der Waals surface area contributed by atoms with Crippen molar-refractivity contribution in [3.63, 3.8) is 0 Å². The molecule has 3 aromatic rings. The van der Waals surface area contributed by atoms with Crippen LogP contribution in [0.4, 0.5) is 5.13 Å². The average Bonchev–Trinajstić information content (AvgIpc) is 3.10. The normalized spacial score (nSPS) is 11.5. The van der Waals surface area contributed by atoms with Gasteiger partial charge in [0.25, 0.3) is 5.91 Å². The predicted octanol–water partition coefficient (Wildman–Crippen LogP) is 4.48. The monoisotopic (exact) mass is 531 g/mol. The van der Waals surface area contributed by atoms with Crippen LogP contribution in [0.1, 0.15) is 17.3 Å². The van der Waals surface area contributed by atoms with Gasteiger partial charge in [0.2, 0.25) is 0 Å². The van der Waals surface area contributed by atoms with Crippen molar-refractivity contribution in [2.75, 3.05) is 37.8 Å². The van der Waals surface area contributed by atoms with Crippen molar-refractivity contribution in [2.24, 2.45) is 0 Å². The highest BCUT2D eigenvalue weighted by Crippen LogP contribution is 2.31. The minimum atomic E-state index is -3.30. The zero-order valence-corrected chi connectivity index (χ0v) is 20.9. The van der Waals surface area contributed by atoms with Gasteiger partial charge in [-0.25, -0.2) is 13.4 Å². The second-order valence-electron chi connectivity index (χ2n) is 6.80. The van der Waals surface area contributed by atoms with E-state index in [0.717, 1.165) is 14.7 Å². The summed E-state index contributed by atoms with van der Waals surface area (Å²) in [4.78, 5) is 21.8. The third-order valence-corrected chi connectivity index (χ3v) is 7.71. The fourth-order valence-electron chi connectivity index (χ4n) is 2.71. The maximum Gasteiger partial charge on any atom is 0.260 e. The summed E-state index contributed by atoms with van der Waals surface area (Å²) in [7, 11) is 0.592. The number of nitrogens with zero attached hydrogens (tertiary/aromatic N) is 3. The van der Waals surface area contributed by atoms with Crippen molar-refractivity contribution in [2.45, 2.75) is 11.8 Å². The Kier molecular flexibility index (Phi) is 8.41. The van der Waals surface area contributed by atoms with Crippen molar-refractivity contribution in [1.82, 2.24) is 9.88 Å². The Labute approximate surface area is 195 Å². The van der Waals surface area contributed by atoms with Crippen molar-refractivity contribution >= 4 is 70.8 Å². The topological polar surface area (TPSA) is 70.6 Å². The zero-order chi connectivity index (χ0) is 21.2. The standard InChI is InChI=1S/C20H22BrN3O3S2.ClH/c1-4-29(26,27)16-8-5-14(6-9-16)19(25)24(12-11-23(2)3)20-22-17-10-7-15(21)13-18(17)28-20;/h5-10,13H,4,11-12H2,1-3H3;1H. The first-order valence-corrected chi connectivity index (χ1v) is 12.3. The summed E-state index contributed by atoms with van der Waals surface area (Å²) in [6.45, 7) is 2.75. The van der Waals surface area contributed by atoms with Gasteiger partial charge < -0.3 is 4.90 Å². The summed E-state index contributed by atoms with van der Waals surface area (Å²) in [6, 6.07) is 11.9. The van der Waals surface area contributed by atoms with E-state index in [9.17, 15) is 13.2 Å². The minimum Gasteiger partial charge on any atom is -0.308 e. The summed E-state index contributed by atoms with van der Waals surface area (Å²) < 4.78 is 26.0. The Hall–Kier alpha value is -1.52. The number of carbonyl (C=O) groups excluding carboxylic acids is 1. The molecule has 0 N–H and O–H groups in total. The number of halogens is 2. The van der Waals surface area contributed by atoms with Crippen LogP contribution in [0.3, 0.4) is 0 Å². The smallest absolute Gasteiger partial charge is 0.260 e. The molecule has 0 saturated carbocycles. The highest BCUT2D eigenvalue weighted by molar-refractivity contribution is 9.10. The lowest BCUT2D eigenvalue weighted by atomic mass is 10.2. The molecular weight excluding hydrogens is 510 g/mol. The van der Waals surface area contributed by atoms with E-state index in [1.165, 1.54) is 23.5 Å². The molecule has 0 spiro atoms. The first-order chi connectivity index (χ1) is 13.7. The minimum absolute atomic E-state index is 0. The van der Waals surface area contributed by atoms with Crippen LogP contribution in [-0.4, -0.2) is 57.1 Å². The molecule has 0 saturated heterocycles. The summed E-state index contributed by atoms with van der Waals surface area (Å²) in [5.74, 6) is -0.179. The molecule has 2 aromatic carbocycles. The van der Waals surface area contributed by atoms with Crippen LogP contribution in [0.2, 0.25) is 0 Å². The Morgan fingerprint density at radius 3 is 2.37 bits per heavy atom. The number of aromatic nitrogens is 1. The number of hydrogen-bond acceptors (Lipinski definition) is 6. The molecule has 6 nitrogen and oxygen atoms in total.